The second-order valence-electron chi connectivity index (χ2n) is 12.4. The molecule has 1 aliphatic rings. The van der Waals surface area contributed by atoms with Crippen LogP contribution in [0.1, 0.15) is 48.6 Å². The number of allylic oxidation sites excluding steroid dienone is 5. The predicted octanol–water partition coefficient (Wildman–Crippen LogP) is 11.7. The van der Waals surface area contributed by atoms with Crippen LogP contribution >= 0.6 is 0 Å². The van der Waals surface area contributed by atoms with E-state index < -0.39 is 11.6 Å². The Hall–Kier alpha value is -4.76. The van der Waals surface area contributed by atoms with Crippen molar-refractivity contribution >= 4 is 27.8 Å². The molecule has 0 saturated carbocycles. The van der Waals surface area contributed by atoms with Crippen molar-refractivity contribution in [3.05, 3.63) is 161 Å². The second kappa shape index (κ2) is 11.4. The van der Waals surface area contributed by atoms with E-state index in [-0.39, 0.29) is 11.1 Å². The number of nitrogens with zero attached hydrogens (tertiary/aromatic N) is 1. The van der Waals surface area contributed by atoms with Crippen LogP contribution in [0.2, 0.25) is 0 Å². The van der Waals surface area contributed by atoms with Gasteiger partial charge in [0.05, 0.1) is 11.4 Å². The van der Waals surface area contributed by atoms with Gasteiger partial charge < -0.3 is 4.90 Å². The first-order valence-corrected chi connectivity index (χ1v) is 15.1. The van der Waals surface area contributed by atoms with Crippen molar-refractivity contribution in [1.82, 2.24) is 0 Å². The Morgan fingerprint density at radius 1 is 0.818 bits per heavy atom. The van der Waals surface area contributed by atoms with Crippen LogP contribution < -0.4 is 4.90 Å². The van der Waals surface area contributed by atoms with Gasteiger partial charge >= 0.3 is 0 Å². The van der Waals surface area contributed by atoms with Gasteiger partial charge in [-0.25, -0.2) is 8.78 Å². The largest absolute Gasteiger partial charge is 0.307 e. The van der Waals surface area contributed by atoms with Gasteiger partial charge in [0.1, 0.15) is 0 Å². The fraction of sp³-hybridized carbons (Fsp3) is 0.171. The van der Waals surface area contributed by atoms with Crippen LogP contribution in [0.5, 0.6) is 0 Å². The summed E-state index contributed by atoms with van der Waals surface area (Å²) in [5.41, 5.74) is 10.9. The minimum Gasteiger partial charge on any atom is -0.307 e. The molecule has 0 unspecified atom stereocenters. The molecule has 0 atom stereocenters. The summed E-state index contributed by atoms with van der Waals surface area (Å²) in [6, 6.07) is 27.7. The lowest BCUT2D eigenvalue weighted by atomic mass is 9.81. The number of hydrogen-bond acceptors (Lipinski definition) is 1. The molecule has 44 heavy (non-hydrogen) atoms. The van der Waals surface area contributed by atoms with E-state index >= 15 is 4.39 Å². The summed E-state index contributed by atoms with van der Waals surface area (Å²) in [7, 11) is 0. The summed E-state index contributed by atoms with van der Waals surface area (Å²) in [5, 5.41) is 2.08. The van der Waals surface area contributed by atoms with Gasteiger partial charge in [-0.1, -0.05) is 110 Å². The standard InChI is InChI=1S/C41H37F2N/c1-26(2)13-8-7-9-14-29-20-21-30(24-28(29)4)44(37-18-12-17-36(42)40(37)43)38-25-35-39(32-16-11-10-15-31(32)38)33-22-19-27(3)23-34(33)41(35,5)6/h7-13,15-25H,1,14H2,2-6H3/b9-7-,13-8-. The Kier molecular flexibility index (Phi) is 7.59. The van der Waals surface area contributed by atoms with Crippen LogP contribution in [0.15, 0.2) is 121 Å². The quantitative estimate of drug-likeness (QED) is 0.173. The van der Waals surface area contributed by atoms with Crippen molar-refractivity contribution in [2.45, 2.75) is 46.5 Å². The Morgan fingerprint density at radius 3 is 2.34 bits per heavy atom. The van der Waals surface area contributed by atoms with Crippen LogP contribution in [-0.2, 0) is 11.8 Å². The van der Waals surface area contributed by atoms with E-state index in [0.717, 1.165) is 39.7 Å². The predicted molar refractivity (Wildman–Crippen MR) is 182 cm³/mol. The monoisotopic (exact) mass is 581 g/mol. The number of benzene rings is 5. The molecule has 1 nitrogen and oxygen atoms in total. The molecule has 0 aromatic heterocycles. The Bertz CT molecular complexity index is 1990. The third-order valence-corrected chi connectivity index (χ3v) is 8.78. The number of aryl methyl sites for hydroxylation is 2. The topological polar surface area (TPSA) is 3.24 Å². The van der Waals surface area contributed by atoms with E-state index in [4.69, 9.17) is 0 Å². The number of hydrogen-bond donors (Lipinski definition) is 0. The molecule has 0 spiro atoms. The highest BCUT2D eigenvalue weighted by Crippen LogP contribution is 2.54. The summed E-state index contributed by atoms with van der Waals surface area (Å²) < 4.78 is 30.6. The fourth-order valence-corrected chi connectivity index (χ4v) is 6.48. The van der Waals surface area contributed by atoms with Crippen LogP contribution in [-0.4, -0.2) is 0 Å². The molecule has 5 aromatic carbocycles. The molecule has 0 bridgehead atoms. The lowest BCUT2D eigenvalue weighted by Crippen LogP contribution is -2.18. The molecule has 0 amide bonds. The van der Waals surface area contributed by atoms with Gasteiger partial charge in [-0.15, -0.1) is 0 Å². The molecule has 220 valence electrons. The van der Waals surface area contributed by atoms with Crippen LogP contribution in [0.3, 0.4) is 0 Å². The van der Waals surface area contributed by atoms with Gasteiger partial charge in [0, 0.05) is 16.5 Å². The molecule has 0 radical (unpaired) electrons. The van der Waals surface area contributed by atoms with Gasteiger partial charge in [-0.05, 0) is 96.3 Å². The summed E-state index contributed by atoms with van der Waals surface area (Å²) >= 11 is 0. The molecule has 1 aliphatic carbocycles. The summed E-state index contributed by atoms with van der Waals surface area (Å²) in [5.74, 6) is -1.74. The minimum absolute atomic E-state index is 0.177. The number of anilines is 3. The fourth-order valence-electron chi connectivity index (χ4n) is 6.48. The minimum atomic E-state index is -0.873. The maximum Gasteiger partial charge on any atom is 0.182 e. The first-order chi connectivity index (χ1) is 21.1. The Morgan fingerprint density at radius 2 is 1.59 bits per heavy atom. The van der Waals surface area contributed by atoms with E-state index in [1.165, 1.54) is 39.4 Å². The van der Waals surface area contributed by atoms with Crippen molar-refractivity contribution in [2.75, 3.05) is 4.90 Å². The summed E-state index contributed by atoms with van der Waals surface area (Å²) in [4.78, 5) is 1.88. The van der Waals surface area contributed by atoms with E-state index in [0.29, 0.717) is 0 Å². The smallest absolute Gasteiger partial charge is 0.182 e. The second-order valence-corrected chi connectivity index (χ2v) is 12.4. The molecule has 0 N–H and O–H groups in total. The Balaban J connectivity index is 1.56. The Labute approximate surface area is 259 Å². The molecule has 5 aromatic rings. The lowest BCUT2D eigenvalue weighted by molar-refractivity contribution is 0.510. The van der Waals surface area contributed by atoms with Crippen molar-refractivity contribution in [2.24, 2.45) is 0 Å². The van der Waals surface area contributed by atoms with Gasteiger partial charge in [0.2, 0.25) is 0 Å². The maximum absolute atomic E-state index is 15.7. The highest BCUT2D eigenvalue weighted by molar-refractivity contribution is 6.10. The highest BCUT2D eigenvalue weighted by atomic mass is 19.2. The number of rotatable bonds is 7. The number of fused-ring (bicyclic) bond motifs is 5. The van der Waals surface area contributed by atoms with E-state index in [1.807, 2.05) is 42.2 Å². The normalized spacial score (nSPS) is 13.5. The van der Waals surface area contributed by atoms with Gasteiger partial charge in [-0.3, -0.25) is 0 Å². The first-order valence-electron chi connectivity index (χ1n) is 15.1. The molecule has 6 rings (SSSR count). The zero-order valence-corrected chi connectivity index (χ0v) is 26.0. The third-order valence-electron chi connectivity index (χ3n) is 8.78. The molecule has 0 heterocycles. The summed E-state index contributed by atoms with van der Waals surface area (Å²) in [6.45, 7) is 14.6. The number of halogens is 2. The van der Waals surface area contributed by atoms with E-state index in [2.05, 4.69) is 94.9 Å². The molecule has 3 heteroatoms. The average molecular weight is 582 g/mol. The maximum atomic E-state index is 15.7. The molecule has 0 aliphatic heterocycles. The molecule has 0 fully saturated rings. The van der Waals surface area contributed by atoms with Gasteiger partial charge in [0.25, 0.3) is 0 Å². The molecular weight excluding hydrogens is 544 g/mol. The van der Waals surface area contributed by atoms with Crippen LogP contribution in [0.25, 0.3) is 21.9 Å². The van der Waals surface area contributed by atoms with Gasteiger partial charge in [0.15, 0.2) is 11.6 Å². The van der Waals surface area contributed by atoms with Crippen molar-refractivity contribution in [1.29, 1.82) is 0 Å². The zero-order valence-electron chi connectivity index (χ0n) is 26.0. The van der Waals surface area contributed by atoms with Crippen molar-refractivity contribution in [3.63, 3.8) is 0 Å². The highest BCUT2D eigenvalue weighted by Gasteiger charge is 2.38. The van der Waals surface area contributed by atoms with Crippen molar-refractivity contribution in [3.8, 4) is 11.1 Å². The lowest BCUT2D eigenvalue weighted by Gasteiger charge is -2.30. The molecule has 0 saturated heterocycles. The third kappa shape index (κ3) is 5.07. The SMILES string of the molecule is C=C(C)/C=C\C=C/Cc1ccc(N(c2cccc(F)c2F)c2cc3c(c4ccccc24)-c2ccc(C)cc2C3(C)C)cc1C. The van der Waals surface area contributed by atoms with Crippen LogP contribution in [0, 0.1) is 25.5 Å². The first kappa shape index (κ1) is 29.3. The average Bonchev–Trinajstić information content (AvgIpc) is 3.21. The van der Waals surface area contributed by atoms with E-state index in [1.54, 1.807) is 12.1 Å². The molecular formula is C41H37F2N. The summed E-state index contributed by atoms with van der Waals surface area (Å²) in [6.07, 6.45) is 8.85. The van der Waals surface area contributed by atoms with Crippen LogP contribution in [0.4, 0.5) is 25.8 Å². The zero-order chi connectivity index (χ0) is 31.2. The van der Waals surface area contributed by atoms with Gasteiger partial charge in [-0.2, -0.15) is 0 Å². The van der Waals surface area contributed by atoms with E-state index in [9.17, 15) is 4.39 Å². The van der Waals surface area contributed by atoms with Crippen molar-refractivity contribution < 1.29 is 8.78 Å².